The molecule has 0 bridgehead atoms. The van der Waals surface area contributed by atoms with Crippen molar-refractivity contribution < 1.29 is 14.2 Å². The van der Waals surface area contributed by atoms with Gasteiger partial charge in [-0.2, -0.15) is 35.0 Å². The van der Waals surface area contributed by atoms with Crippen molar-refractivity contribution in [3.63, 3.8) is 0 Å². The van der Waals surface area contributed by atoms with Crippen molar-refractivity contribution in [2.75, 3.05) is 44.3 Å². The lowest BCUT2D eigenvalue weighted by molar-refractivity contribution is 0.287. The molecule has 4 aromatic heterocycles. The number of hydrogen-bond acceptors (Lipinski definition) is 13. The van der Waals surface area contributed by atoms with Gasteiger partial charge in [0.25, 0.3) is 0 Å². The van der Waals surface area contributed by atoms with E-state index in [1.807, 2.05) is 30.3 Å². The first kappa shape index (κ1) is 49.9. The number of aryl methyl sites for hydroxylation is 2. The minimum Gasteiger partial charge on any atom is -0.398 e. The highest BCUT2D eigenvalue weighted by Gasteiger charge is 2.20. The second-order valence-corrected chi connectivity index (χ2v) is 21.6. The Kier molecular flexibility index (Phi) is 19.9. The van der Waals surface area contributed by atoms with Crippen LogP contribution in [0.4, 0.5) is 17.2 Å². The summed E-state index contributed by atoms with van der Waals surface area (Å²) in [5, 5.41) is 29.8. The van der Waals surface area contributed by atoms with Crippen molar-refractivity contribution in [1.29, 1.82) is 0 Å². The molecule has 0 amide bonds. The summed E-state index contributed by atoms with van der Waals surface area (Å²) in [5.74, 6) is 0.502. The van der Waals surface area contributed by atoms with E-state index in [1.54, 1.807) is 65.4 Å². The van der Waals surface area contributed by atoms with E-state index < -0.39 is 14.3 Å². The van der Waals surface area contributed by atoms with E-state index in [1.165, 1.54) is 15.8 Å². The number of aromatic nitrogens is 10. The zero-order valence-corrected chi connectivity index (χ0v) is 38.7. The molecule has 0 aliphatic rings. The third-order valence-electron chi connectivity index (χ3n) is 7.13. The monoisotopic (exact) mass is 1010 g/mol. The molecule has 308 valence electrons. The average Bonchev–Trinajstić information content (AvgIpc) is 3.77. The fraction of sp³-hybridized carbons (Fsp3) is 0.314. The van der Waals surface area contributed by atoms with E-state index in [0.29, 0.717) is 48.5 Å². The van der Waals surface area contributed by atoms with E-state index in [4.69, 9.17) is 45.6 Å². The highest BCUT2D eigenvalue weighted by Crippen LogP contribution is 2.40. The lowest BCUT2D eigenvalue weighted by Gasteiger charge is -2.16. The second kappa shape index (κ2) is 22.8. The molecule has 2 aromatic carbocycles. The molecular formula is C35H45Br2Cl3N12O3P2. The SMILES string of the molecule is C.CCCCO.Clc1ncc(Br)c(Cl)n1.Cn1ncc(-c2ccc(N)c(P(C)(C)=O)c2)n1.Cn1ncc(-c2ccc(Nc3nc(Cl)ncc3Br)c(P(C)(C)=O)c2)n1. The Morgan fingerprint density at radius 2 is 1.26 bits per heavy atom. The van der Waals surface area contributed by atoms with Gasteiger partial charge in [-0.15, -0.1) is 0 Å². The maximum absolute atomic E-state index is 12.8. The summed E-state index contributed by atoms with van der Waals surface area (Å²) in [6.45, 7) is 9.25. The summed E-state index contributed by atoms with van der Waals surface area (Å²) in [6, 6.07) is 11.1. The van der Waals surface area contributed by atoms with Crippen molar-refractivity contribution in [2.45, 2.75) is 27.2 Å². The molecule has 0 unspecified atom stereocenters. The summed E-state index contributed by atoms with van der Waals surface area (Å²) >= 11 is 23.3. The van der Waals surface area contributed by atoms with Crippen LogP contribution < -0.4 is 21.7 Å². The molecule has 0 fully saturated rings. The molecule has 4 heterocycles. The van der Waals surface area contributed by atoms with Gasteiger partial charge in [-0.25, -0.2) is 15.0 Å². The van der Waals surface area contributed by atoms with Gasteiger partial charge in [-0.05, 0) is 112 Å². The first-order valence-electron chi connectivity index (χ1n) is 16.5. The van der Waals surface area contributed by atoms with Crippen LogP contribution in [0, 0.1) is 0 Å². The Hall–Kier alpha value is -3.27. The molecule has 0 radical (unpaired) electrons. The summed E-state index contributed by atoms with van der Waals surface area (Å²) in [6.07, 6.45) is 8.44. The van der Waals surface area contributed by atoms with Gasteiger partial charge < -0.3 is 25.3 Å². The minimum absolute atomic E-state index is 0. The maximum atomic E-state index is 12.8. The van der Waals surface area contributed by atoms with Gasteiger partial charge in [0.05, 0.1) is 27.0 Å². The second-order valence-electron chi connectivity index (χ2n) is 12.5. The number of halogens is 5. The van der Waals surface area contributed by atoms with Gasteiger partial charge in [0.1, 0.15) is 36.6 Å². The highest BCUT2D eigenvalue weighted by molar-refractivity contribution is 9.11. The normalized spacial score (nSPS) is 10.8. The lowest BCUT2D eigenvalue weighted by atomic mass is 10.1. The highest BCUT2D eigenvalue weighted by atomic mass is 79.9. The summed E-state index contributed by atoms with van der Waals surface area (Å²) < 4.78 is 26.2. The van der Waals surface area contributed by atoms with E-state index in [-0.39, 0.29) is 18.0 Å². The van der Waals surface area contributed by atoms with Crippen LogP contribution in [-0.4, -0.2) is 88.3 Å². The molecule has 0 saturated heterocycles. The van der Waals surface area contributed by atoms with Gasteiger partial charge in [-0.1, -0.05) is 44.5 Å². The smallest absolute Gasteiger partial charge is 0.224 e. The van der Waals surface area contributed by atoms with Crippen molar-refractivity contribution in [3.05, 3.63) is 85.9 Å². The van der Waals surface area contributed by atoms with E-state index in [9.17, 15) is 9.13 Å². The van der Waals surface area contributed by atoms with Crippen molar-refractivity contribution in [2.24, 2.45) is 14.1 Å². The molecule has 0 aliphatic heterocycles. The molecule has 0 saturated carbocycles. The van der Waals surface area contributed by atoms with Gasteiger partial charge >= 0.3 is 0 Å². The molecule has 0 aliphatic carbocycles. The zero-order chi connectivity index (χ0) is 41.8. The predicted octanol–water partition coefficient (Wildman–Crippen LogP) is 8.95. The minimum atomic E-state index is -2.57. The molecular weight excluding hydrogens is 965 g/mol. The Labute approximate surface area is 364 Å². The van der Waals surface area contributed by atoms with Crippen LogP contribution in [0.2, 0.25) is 15.7 Å². The van der Waals surface area contributed by atoms with Crippen LogP contribution in [0.1, 0.15) is 27.2 Å². The lowest BCUT2D eigenvalue weighted by Crippen LogP contribution is -2.11. The summed E-state index contributed by atoms with van der Waals surface area (Å²) in [7, 11) is -1.44. The number of unbranched alkanes of at least 4 members (excludes halogenated alkanes) is 1. The standard InChI is InChI=1S/C15H15BrClN6OP.C11H15N4OP.C4HBrCl2N2.C4H10O.CH4/c1-23-19-8-12(22-23)9-4-5-11(13(6-9)25(2,3)24)20-14-10(16)7-18-15(17)21-14;1-15-13-7-10(14-15)8-4-5-9(12)11(6-8)17(2,3)16;5-2-1-8-4(7)9-3(2)6;1-2-3-4-5;/h4-8H,1-3H3,(H,18,20,21);4-7H,12H2,1-3H3;1H;5H,2-4H2,1H3;1H4. The molecule has 0 spiro atoms. The van der Waals surface area contributed by atoms with Crippen LogP contribution in [-0.2, 0) is 23.2 Å². The number of anilines is 3. The molecule has 57 heavy (non-hydrogen) atoms. The Morgan fingerprint density at radius 1 is 0.772 bits per heavy atom. The van der Waals surface area contributed by atoms with Gasteiger partial charge in [0, 0.05) is 60.5 Å². The summed E-state index contributed by atoms with van der Waals surface area (Å²) in [5.41, 5.74) is 10.3. The van der Waals surface area contributed by atoms with Gasteiger partial charge in [-0.3, -0.25) is 0 Å². The van der Waals surface area contributed by atoms with Crippen molar-refractivity contribution >= 4 is 109 Å². The predicted molar refractivity (Wildman–Crippen MR) is 242 cm³/mol. The number of aliphatic hydroxyl groups excluding tert-OH is 1. The number of benzene rings is 2. The molecule has 6 rings (SSSR count). The van der Waals surface area contributed by atoms with Gasteiger partial charge in [0.15, 0.2) is 0 Å². The van der Waals surface area contributed by atoms with Crippen LogP contribution in [0.25, 0.3) is 22.5 Å². The number of hydrogen-bond donors (Lipinski definition) is 3. The number of nitrogens with zero attached hydrogens (tertiary/aromatic N) is 10. The Bertz CT molecular complexity index is 2340. The molecule has 0 atom stereocenters. The fourth-order valence-electron chi connectivity index (χ4n) is 4.41. The third-order valence-corrected chi connectivity index (χ3v) is 12.2. The largest absolute Gasteiger partial charge is 0.398 e. The quantitative estimate of drug-likeness (QED) is 0.0564. The third kappa shape index (κ3) is 15.8. The topological polar surface area (TPSA) is 205 Å². The first-order chi connectivity index (χ1) is 26.2. The number of nitrogen functional groups attached to an aromatic ring is 1. The van der Waals surface area contributed by atoms with Crippen LogP contribution in [0.5, 0.6) is 0 Å². The Balaban J connectivity index is 0.000000301. The number of nitrogens with two attached hydrogens (primary N) is 1. The molecule has 22 heteroatoms. The maximum Gasteiger partial charge on any atom is 0.224 e. The number of nitrogens with one attached hydrogen (secondary N) is 1. The van der Waals surface area contributed by atoms with E-state index >= 15 is 0 Å². The molecule has 15 nitrogen and oxygen atoms in total. The first-order valence-corrected chi connectivity index (χ1v) is 24.4. The molecule has 4 N–H and O–H groups in total. The van der Waals surface area contributed by atoms with Crippen LogP contribution in [0.3, 0.4) is 0 Å². The molecule has 6 aromatic rings. The van der Waals surface area contributed by atoms with Crippen molar-refractivity contribution in [1.82, 2.24) is 49.9 Å². The van der Waals surface area contributed by atoms with Crippen LogP contribution in [0.15, 0.2) is 70.1 Å². The van der Waals surface area contributed by atoms with Gasteiger partial charge in [0.2, 0.25) is 10.6 Å². The van der Waals surface area contributed by atoms with E-state index in [2.05, 4.69) is 84.4 Å². The number of aliphatic hydroxyl groups is 1. The van der Waals surface area contributed by atoms with Crippen LogP contribution >= 0.6 is 80.9 Å². The average molecular weight is 1010 g/mol. The zero-order valence-electron chi connectivity index (χ0n) is 31.5. The Morgan fingerprint density at radius 3 is 1.68 bits per heavy atom. The fourth-order valence-corrected chi connectivity index (χ4v) is 7.64. The number of rotatable bonds is 8. The summed E-state index contributed by atoms with van der Waals surface area (Å²) in [4.78, 5) is 18.3. The van der Waals surface area contributed by atoms with E-state index in [0.717, 1.165) is 35.4 Å². The van der Waals surface area contributed by atoms with Crippen molar-refractivity contribution in [3.8, 4) is 22.5 Å².